The summed E-state index contributed by atoms with van der Waals surface area (Å²) in [5, 5.41) is 10.7. The van der Waals surface area contributed by atoms with Crippen LogP contribution in [0.2, 0.25) is 0 Å². The van der Waals surface area contributed by atoms with Gasteiger partial charge in [-0.3, -0.25) is 4.90 Å². The van der Waals surface area contributed by atoms with E-state index in [0.29, 0.717) is 6.04 Å². The van der Waals surface area contributed by atoms with Crippen LogP contribution < -0.4 is 5.32 Å². The molecule has 1 aliphatic rings. The number of hydrogen-bond acceptors (Lipinski definition) is 6. The van der Waals surface area contributed by atoms with Crippen LogP contribution in [0.4, 0.5) is 5.00 Å². The lowest BCUT2D eigenvalue weighted by Gasteiger charge is -2.33. The molecular weight excluding hydrogens is 264 g/mol. The fourth-order valence-electron chi connectivity index (χ4n) is 2.47. The maximum atomic E-state index is 4.23. The number of rotatable bonds is 3. The first kappa shape index (κ1) is 12.1. The molecule has 1 N–H and O–H groups in total. The first-order chi connectivity index (χ1) is 8.79. The van der Waals surface area contributed by atoms with Crippen molar-refractivity contribution in [2.75, 3.05) is 18.9 Å². The van der Waals surface area contributed by atoms with Crippen LogP contribution in [0, 0.1) is 0 Å². The number of aromatic nitrogens is 2. The molecule has 0 bridgehead atoms. The van der Waals surface area contributed by atoms with Gasteiger partial charge in [0.15, 0.2) is 0 Å². The van der Waals surface area contributed by atoms with E-state index in [9.17, 15) is 0 Å². The van der Waals surface area contributed by atoms with Gasteiger partial charge < -0.3 is 5.32 Å². The number of fused-ring (bicyclic) bond motifs is 1. The molecule has 6 heteroatoms. The molecule has 0 radical (unpaired) electrons. The van der Waals surface area contributed by atoms with Crippen LogP contribution in [0.5, 0.6) is 0 Å². The van der Waals surface area contributed by atoms with Gasteiger partial charge in [-0.05, 0) is 30.4 Å². The Hall–Kier alpha value is -0.980. The van der Waals surface area contributed by atoms with Gasteiger partial charge >= 0.3 is 0 Å². The zero-order valence-corrected chi connectivity index (χ0v) is 12.1. The minimum Gasteiger partial charge on any atom is -0.377 e. The Morgan fingerprint density at radius 2 is 2.44 bits per heavy atom. The summed E-state index contributed by atoms with van der Waals surface area (Å²) in [4.78, 5) is 4.02. The standard InChI is InChI=1S/C12H16N4S2/c1-8-9-4-6-17-11(9)3-5-16(8)7-10-12(13-2)18-15-14-10/h4,6,8,13H,3,5,7H2,1-2H3. The third kappa shape index (κ3) is 2.04. The van der Waals surface area contributed by atoms with E-state index in [1.165, 1.54) is 17.1 Å². The molecule has 2 aromatic rings. The lowest BCUT2D eigenvalue weighted by atomic mass is 10.0. The molecule has 1 atom stereocenters. The van der Waals surface area contributed by atoms with E-state index in [2.05, 4.69) is 38.2 Å². The third-order valence-electron chi connectivity index (χ3n) is 3.54. The van der Waals surface area contributed by atoms with Crippen molar-refractivity contribution in [2.45, 2.75) is 25.9 Å². The van der Waals surface area contributed by atoms with Gasteiger partial charge in [-0.2, -0.15) is 0 Å². The minimum absolute atomic E-state index is 0.478. The van der Waals surface area contributed by atoms with E-state index in [-0.39, 0.29) is 0 Å². The van der Waals surface area contributed by atoms with Crippen molar-refractivity contribution in [3.05, 3.63) is 27.6 Å². The monoisotopic (exact) mass is 280 g/mol. The van der Waals surface area contributed by atoms with Crippen molar-refractivity contribution in [2.24, 2.45) is 0 Å². The van der Waals surface area contributed by atoms with Crippen LogP contribution in [-0.2, 0) is 13.0 Å². The third-order valence-corrected chi connectivity index (χ3v) is 5.32. The Balaban J connectivity index is 1.79. The molecule has 0 saturated heterocycles. The van der Waals surface area contributed by atoms with Crippen LogP contribution in [0.15, 0.2) is 11.4 Å². The largest absolute Gasteiger partial charge is 0.377 e. The van der Waals surface area contributed by atoms with Gasteiger partial charge in [-0.25, -0.2) is 0 Å². The summed E-state index contributed by atoms with van der Waals surface area (Å²) in [7, 11) is 1.93. The van der Waals surface area contributed by atoms with Crippen molar-refractivity contribution >= 4 is 27.9 Å². The number of thiophene rings is 1. The highest BCUT2D eigenvalue weighted by molar-refractivity contribution is 7.10. The van der Waals surface area contributed by atoms with Crippen molar-refractivity contribution < 1.29 is 0 Å². The van der Waals surface area contributed by atoms with Crippen molar-refractivity contribution in [1.82, 2.24) is 14.5 Å². The normalized spacial score (nSPS) is 19.8. The average Bonchev–Trinajstić information content (AvgIpc) is 3.01. The first-order valence-corrected chi connectivity index (χ1v) is 7.74. The minimum atomic E-state index is 0.478. The Kier molecular flexibility index (Phi) is 3.32. The molecule has 2 aromatic heterocycles. The van der Waals surface area contributed by atoms with Gasteiger partial charge in [0, 0.05) is 42.6 Å². The highest BCUT2D eigenvalue weighted by atomic mass is 32.1. The maximum Gasteiger partial charge on any atom is 0.134 e. The molecule has 3 rings (SSSR count). The van der Waals surface area contributed by atoms with Crippen LogP contribution in [0.3, 0.4) is 0 Å². The van der Waals surface area contributed by atoms with Crippen LogP contribution in [-0.4, -0.2) is 28.1 Å². The molecule has 0 fully saturated rings. The lowest BCUT2D eigenvalue weighted by molar-refractivity contribution is 0.189. The molecule has 0 amide bonds. The molecule has 0 aromatic carbocycles. The maximum absolute atomic E-state index is 4.23. The van der Waals surface area contributed by atoms with Crippen molar-refractivity contribution in [3.63, 3.8) is 0 Å². The molecule has 96 valence electrons. The molecule has 0 aliphatic carbocycles. The molecule has 1 unspecified atom stereocenters. The molecule has 18 heavy (non-hydrogen) atoms. The van der Waals surface area contributed by atoms with Crippen LogP contribution in [0.1, 0.15) is 29.1 Å². The summed E-state index contributed by atoms with van der Waals surface area (Å²) in [5.74, 6) is 0. The highest BCUT2D eigenvalue weighted by Crippen LogP contribution is 2.34. The lowest BCUT2D eigenvalue weighted by Crippen LogP contribution is -2.32. The number of hydrogen-bond donors (Lipinski definition) is 1. The van der Waals surface area contributed by atoms with Gasteiger partial charge in [0.05, 0.1) is 0 Å². The van der Waals surface area contributed by atoms with Gasteiger partial charge in [0.1, 0.15) is 10.7 Å². The Bertz CT molecular complexity index is 534. The summed E-state index contributed by atoms with van der Waals surface area (Å²) in [5.41, 5.74) is 2.55. The van der Waals surface area contributed by atoms with E-state index in [1.54, 1.807) is 4.88 Å². The summed E-state index contributed by atoms with van der Waals surface area (Å²) in [6, 6.07) is 2.74. The smallest absolute Gasteiger partial charge is 0.134 e. The zero-order valence-electron chi connectivity index (χ0n) is 10.5. The Morgan fingerprint density at radius 1 is 1.56 bits per heavy atom. The molecular formula is C12H16N4S2. The van der Waals surface area contributed by atoms with Gasteiger partial charge in [0.2, 0.25) is 0 Å². The van der Waals surface area contributed by atoms with E-state index >= 15 is 0 Å². The van der Waals surface area contributed by atoms with E-state index in [4.69, 9.17) is 0 Å². The van der Waals surface area contributed by atoms with Gasteiger partial charge in [0.25, 0.3) is 0 Å². The quantitative estimate of drug-likeness (QED) is 0.938. The van der Waals surface area contributed by atoms with E-state index < -0.39 is 0 Å². The summed E-state index contributed by atoms with van der Waals surface area (Å²) < 4.78 is 4.02. The number of anilines is 1. The summed E-state index contributed by atoms with van der Waals surface area (Å²) in [6.07, 6.45) is 1.16. The first-order valence-electron chi connectivity index (χ1n) is 6.09. The summed E-state index contributed by atoms with van der Waals surface area (Å²) >= 11 is 3.31. The average molecular weight is 280 g/mol. The topological polar surface area (TPSA) is 41.1 Å². The number of nitrogens with zero attached hydrogens (tertiary/aromatic N) is 3. The second-order valence-corrected chi connectivity index (χ2v) is 6.25. The molecule has 0 saturated carbocycles. The number of nitrogens with one attached hydrogen (secondary N) is 1. The second kappa shape index (κ2) is 4.95. The van der Waals surface area contributed by atoms with E-state index in [0.717, 1.165) is 30.2 Å². The molecule has 4 nitrogen and oxygen atoms in total. The Labute approximate surface area is 115 Å². The Morgan fingerprint density at radius 3 is 3.28 bits per heavy atom. The van der Waals surface area contributed by atoms with Crippen LogP contribution in [0.25, 0.3) is 0 Å². The zero-order chi connectivity index (χ0) is 12.5. The SMILES string of the molecule is CNc1snnc1CN1CCc2sccc2C1C. The predicted octanol–water partition coefficient (Wildman–Crippen LogP) is 2.76. The predicted molar refractivity (Wildman–Crippen MR) is 76.3 cm³/mol. The fourth-order valence-corrected chi connectivity index (χ4v) is 3.96. The van der Waals surface area contributed by atoms with Gasteiger partial charge in [-0.1, -0.05) is 4.49 Å². The highest BCUT2D eigenvalue weighted by Gasteiger charge is 2.25. The van der Waals surface area contributed by atoms with E-state index in [1.807, 2.05) is 18.4 Å². The summed E-state index contributed by atoms with van der Waals surface area (Å²) in [6.45, 7) is 4.27. The van der Waals surface area contributed by atoms with Gasteiger partial charge in [-0.15, -0.1) is 16.4 Å². The van der Waals surface area contributed by atoms with Crippen molar-refractivity contribution in [1.29, 1.82) is 0 Å². The molecule has 0 spiro atoms. The fraction of sp³-hybridized carbons (Fsp3) is 0.500. The molecule has 1 aliphatic heterocycles. The van der Waals surface area contributed by atoms with Crippen molar-refractivity contribution in [3.8, 4) is 0 Å². The van der Waals surface area contributed by atoms with Crippen LogP contribution >= 0.6 is 22.9 Å². The second-order valence-electron chi connectivity index (χ2n) is 4.49. The molecule has 3 heterocycles.